The fourth-order valence-electron chi connectivity index (χ4n) is 4.17. The number of rotatable bonds is 8. The van der Waals surface area contributed by atoms with Crippen LogP contribution in [-0.2, 0) is 31.2 Å². The monoisotopic (exact) mass is 534 g/mol. The van der Waals surface area contributed by atoms with Gasteiger partial charge in [0.1, 0.15) is 11.8 Å². The van der Waals surface area contributed by atoms with Crippen LogP contribution in [0.15, 0.2) is 47.4 Å². The van der Waals surface area contributed by atoms with Gasteiger partial charge in [0.2, 0.25) is 0 Å². The van der Waals surface area contributed by atoms with Gasteiger partial charge in [0.05, 0.1) is 41.3 Å². The molecular weight excluding hydrogens is 508 g/mol. The predicted molar refractivity (Wildman–Crippen MR) is 134 cm³/mol. The Labute approximate surface area is 213 Å². The second-order valence-corrected chi connectivity index (χ2v) is 11.2. The maximum absolute atomic E-state index is 13.0. The van der Waals surface area contributed by atoms with Crippen LogP contribution in [0.4, 0.5) is 0 Å². The van der Waals surface area contributed by atoms with Crippen LogP contribution in [0.2, 0.25) is 5.02 Å². The van der Waals surface area contributed by atoms with Crippen molar-refractivity contribution in [3.8, 4) is 0 Å². The van der Waals surface area contributed by atoms with Crippen molar-refractivity contribution in [2.24, 2.45) is 7.05 Å². The maximum Gasteiger partial charge on any atom is 0.321 e. The summed E-state index contributed by atoms with van der Waals surface area (Å²) in [5.41, 5.74) is 2.63. The van der Waals surface area contributed by atoms with Crippen molar-refractivity contribution in [1.82, 2.24) is 9.88 Å². The van der Waals surface area contributed by atoms with Gasteiger partial charge in [-0.3, -0.25) is 9.59 Å². The number of hydrogen-bond donors (Lipinski definition) is 2. The van der Waals surface area contributed by atoms with Gasteiger partial charge in [0.15, 0.2) is 15.6 Å². The molecule has 0 radical (unpaired) electrons. The van der Waals surface area contributed by atoms with Crippen molar-refractivity contribution in [2.75, 3.05) is 25.6 Å². The predicted octanol–water partition coefficient (Wildman–Crippen LogP) is 2.71. The van der Waals surface area contributed by atoms with Crippen molar-refractivity contribution >= 4 is 44.2 Å². The Hall–Kier alpha value is -2.92. The summed E-state index contributed by atoms with van der Waals surface area (Å²) in [6.07, 6.45) is 0.117. The summed E-state index contributed by atoms with van der Waals surface area (Å²) in [5, 5.41) is 14.0. The molecule has 1 aromatic heterocycles. The number of fused-ring (bicyclic) bond motifs is 1. The quantitative estimate of drug-likeness (QED) is 0.426. The molecule has 0 unspecified atom stereocenters. The molecule has 2 N–H and O–H groups in total. The van der Waals surface area contributed by atoms with E-state index in [0.29, 0.717) is 29.3 Å². The summed E-state index contributed by atoms with van der Waals surface area (Å²) in [5.74, 6) is -2.04. The molecule has 4 rings (SSSR count). The summed E-state index contributed by atoms with van der Waals surface area (Å²) in [7, 11) is -2.17. The van der Waals surface area contributed by atoms with Gasteiger partial charge in [-0.25, -0.2) is 8.42 Å². The third-order valence-electron chi connectivity index (χ3n) is 6.11. The molecule has 2 atom stereocenters. The Morgan fingerprint density at radius 2 is 1.97 bits per heavy atom. The zero-order chi connectivity index (χ0) is 26.0. The Balaban J connectivity index is 1.46. The number of halogens is 1. The fraction of sp³-hybridized carbons (Fsp3) is 0.360. The van der Waals surface area contributed by atoms with E-state index in [9.17, 15) is 23.1 Å². The molecule has 0 bridgehead atoms. The van der Waals surface area contributed by atoms with Crippen LogP contribution in [0.3, 0.4) is 0 Å². The molecular formula is C25H27ClN2O7S. The van der Waals surface area contributed by atoms with E-state index < -0.39 is 46.2 Å². The average molecular weight is 535 g/mol. The number of aliphatic hydroxyl groups excluding tert-OH is 1. The molecule has 1 amide bonds. The molecule has 0 aliphatic carbocycles. The van der Waals surface area contributed by atoms with Crippen molar-refractivity contribution in [3.05, 3.63) is 64.3 Å². The van der Waals surface area contributed by atoms with Gasteiger partial charge in [-0.05, 0) is 48.4 Å². The van der Waals surface area contributed by atoms with E-state index in [4.69, 9.17) is 21.1 Å². The van der Waals surface area contributed by atoms with E-state index >= 15 is 0 Å². The maximum atomic E-state index is 13.0. The van der Waals surface area contributed by atoms with E-state index in [1.165, 1.54) is 24.3 Å². The number of ether oxygens (including phenoxy) is 2. The Kier molecular flexibility index (Phi) is 7.70. The molecule has 2 aromatic carbocycles. The zero-order valence-electron chi connectivity index (χ0n) is 19.9. The van der Waals surface area contributed by atoms with Gasteiger partial charge in [-0.2, -0.15) is 0 Å². The molecule has 1 saturated heterocycles. The highest BCUT2D eigenvalue weighted by molar-refractivity contribution is 7.92. The summed E-state index contributed by atoms with van der Waals surface area (Å²) in [6, 6.07) is 10.3. The molecule has 2 heterocycles. The molecule has 0 saturated carbocycles. The second-order valence-electron chi connectivity index (χ2n) is 8.78. The van der Waals surface area contributed by atoms with Crippen molar-refractivity contribution in [1.29, 1.82) is 0 Å². The third kappa shape index (κ3) is 5.57. The highest BCUT2D eigenvalue weighted by Gasteiger charge is 2.26. The van der Waals surface area contributed by atoms with Crippen LogP contribution >= 0.6 is 11.6 Å². The molecule has 0 spiro atoms. The van der Waals surface area contributed by atoms with Gasteiger partial charge in [-0.15, -0.1) is 0 Å². The first-order valence-electron chi connectivity index (χ1n) is 11.4. The van der Waals surface area contributed by atoms with Crippen LogP contribution in [0.5, 0.6) is 0 Å². The molecule has 1 aliphatic rings. The Bertz CT molecular complexity index is 1390. The molecule has 36 heavy (non-hydrogen) atoms. The summed E-state index contributed by atoms with van der Waals surface area (Å²) in [4.78, 5) is 25.0. The lowest BCUT2D eigenvalue weighted by molar-refractivity contribution is -0.145. The summed E-state index contributed by atoms with van der Waals surface area (Å²) >= 11 is 6.34. The molecule has 9 nitrogen and oxygen atoms in total. The Morgan fingerprint density at radius 1 is 1.25 bits per heavy atom. The van der Waals surface area contributed by atoms with Gasteiger partial charge in [0.25, 0.3) is 5.91 Å². The van der Waals surface area contributed by atoms with E-state index in [0.717, 1.165) is 16.5 Å². The number of aliphatic hydroxyl groups is 1. The van der Waals surface area contributed by atoms with Crippen LogP contribution in [0, 0.1) is 6.92 Å². The number of amides is 1. The third-order valence-corrected chi connectivity index (χ3v) is 8.03. The minimum absolute atomic E-state index is 0.0624. The van der Waals surface area contributed by atoms with Crippen LogP contribution in [0.1, 0.15) is 34.1 Å². The first-order chi connectivity index (χ1) is 17.1. The number of hydrogen-bond acceptors (Lipinski definition) is 7. The molecule has 1 aliphatic heterocycles. The van der Waals surface area contributed by atoms with Crippen molar-refractivity contribution in [2.45, 2.75) is 30.4 Å². The number of nitrogens with zero attached hydrogens (tertiary/aromatic N) is 1. The molecule has 192 valence electrons. The number of carbonyl (C=O) groups is 2. The normalized spacial score (nSPS) is 16.7. The SMILES string of the molecule is Cc1cc(Cl)c2cc(C(=O)N[C@H](CO)c3ccc(S(=O)(=O)CC(=O)O[C@H]4CCOC4)cc3)n(C)c2c1. The number of nitrogens with one attached hydrogen (secondary N) is 1. The Morgan fingerprint density at radius 3 is 2.61 bits per heavy atom. The summed E-state index contributed by atoms with van der Waals surface area (Å²) < 4.78 is 37.3. The fourth-order valence-corrected chi connectivity index (χ4v) is 5.59. The number of esters is 1. The first kappa shape index (κ1) is 26.2. The standard InChI is InChI=1S/C25H27ClN2O7S/c1-15-9-20(26)19-11-23(28(2)22(19)10-15)25(31)27-21(12-29)16-3-5-18(6-4-16)36(32,33)14-24(30)35-17-7-8-34-13-17/h3-6,9-11,17,21,29H,7-8,12-14H2,1-2H3,(H,27,31)/t17-,21+/m0/s1. The summed E-state index contributed by atoms with van der Waals surface area (Å²) in [6.45, 7) is 2.25. The number of benzene rings is 2. The average Bonchev–Trinajstić information content (AvgIpc) is 3.45. The number of carbonyl (C=O) groups excluding carboxylic acids is 2. The smallest absolute Gasteiger partial charge is 0.321 e. The molecule has 11 heteroatoms. The van der Waals surface area contributed by atoms with E-state index in [2.05, 4.69) is 5.32 Å². The first-order valence-corrected chi connectivity index (χ1v) is 13.4. The van der Waals surface area contributed by atoms with E-state index in [1.807, 2.05) is 19.1 Å². The van der Waals surface area contributed by atoms with Gasteiger partial charge in [-0.1, -0.05) is 23.7 Å². The van der Waals surface area contributed by atoms with Gasteiger partial charge < -0.3 is 24.5 Å². The minimum Gasteiger partial charge on any atom is -0.459 e. The lowest BCUT2D eigenvalue weighted by atomic mass is 10.1. The highest BCUT2D eigenvalue weighted by Crippen LogP contribution is 2.28. The number of sulfone groups is 1. The lowest BCUT2D eigenvalue weighted by Crippen LogP contribution is -2.32. The second kappa shape index (κ2) is 10.6. The zero-order valence-corrected chi connectivity index (χ0v) is 21.4. The van der Waals surface area contributed by atoms with E-state index in [1.54, 1.807) is 17.7 Å². The van der Waals surface area contributed by atoms with Crippen molar-refractivity contribution in [3.63, 3.8) is 0 Å². The van der Waals surface area contributed by atoms with Gasteiger partial charge in [0, 0.05) is 18.9 Å². The van der Waals surface area contributed by atoms with Crippen molar-refractivity contribution < 1.29 is 32.6 Å². The topological polar surface area (TPSA) is 124 Å². The number of aromatic nitrogens is 1. The van der Waals surface area contributed by atoms with Gasteiger partial charge >= 0.3 is 5.97 Å². The van der Waals surface area contributed by atoms with Crippen LogP contribution < -0.4 is 5.32 Å². The van der Waals surface area contributed by atoms with Crippen LogP contribution in [-0.4, -0.2) is 61.6 Å². The lowest BCUT2D eigenvalue weighted by Gasteiger charge is -2.17. The van der Waals surface area contributed by atoms with E-state index in [-0.39, 0.29) is 11.5 Å². The number of aryl methyl sites for hydroxylation is 2. The van der Waals surface area contributed by atoms with Crippen LogP contribution in [0.25, 0.3) is 10.9 Å². The molecule has 1 fully saturated rings. The molecule has 3 aromatic rings. The largest absolute Gasteiger partial charge is 0.459 e. The minimum atomic E-state index is -3.93. The highest BCUT2D eigenvalue weighted by atomic mass is 35.5.